The molecule has 0 aliphatic carbocycles. The third-order valence-electron chi connectivity index (χ3n) is 1.89. The van der Waals surface area contributed by atoms with Gasteiger partial charge in [-0.05, 0) is 18.2 Å². The Morgan fingerprint density at radius 1 is 1.56 bits per heavy atom. The molecule has 0 saturated heterocycles. The molecule has 5 nitrogen and oxygen atoms in total. The molecule has 0 bridgehead atoms. The maximum absolute atomic E-state index is 12.9. The van der Waals surface area contributed by atoms with Crippen molar-refractivity contribution in [2.75, 3.05) is 18.1 Å². The van der Waals surface area contributed by atoms with Gasteiger partial charge in [-0.1, -0.05) is 0 Å². The largest absolute Gasteiger partial charge is 0.372 e. The van der Waals surface area contributed by atoms with E-state index in [-0.39, 0.29) is 17.1 Å². The van der Waals surface area contributed by atoms with E-state index in [2.05, 4.69) is 5.32 Å². The van der Waals surface area contributed by atoms with Gasteiger partial charge in [0.05, 0.1) is 10.6 Å². The summed E-state index contributed by atoms with van der Waals surface area (Å²) >= 11 is 0. The molecule has 0 radical (unpaired) electrons. The van der Waals surface area contributed by atoms with Crippen LogP contribution in [0.15, 0.2) is 23.1 Å². The van der Waals surface area contributed by atoms with Gasteiger partial charge < -0.3 is 16.2 Å². The lowest BCUT2D eigenvalue weighted by Gasteiger charge is -2.14. The summed E-state index contributed by atoms with van der Waals surface area (Å²) in [5, 5.41) is 11.7. The molecule has 0 fully saturated rings. The number of rotatable bonds is 4. The maximum Gasteiger partial charge on any atom is 0.177 e. The number of hydrogen-bond acceptors (Lipinski definition) is 5. The summed E-state index contributed by atoms with van der Waals surface area (Å²) in [6, 6.07) is 3.23. The standard InChI is InChI=1S/C9H13FN2O3S/c1-16(14,15)8-4-6(10)2-3-7(8)12-9(13)5-11/h2-4,9,12-13H,5,11H2,1H3. The van der Waals surface area contributed by atoms with Crippen LogP contribution in [0.25, 0.3) is 0 Å². The minimum Gasteiger partial charge on any atom is -0.372 e. The summed E-state index contributed by atoms with van der Waals surface area (Å²) in [4.78, 5) is -0.208. The quantitative estimate of drug-likeness (QED) is 0.648. The minimum absolute atomic E-state index is 0.0828. The van der Waals surface area contributed by atoms with Crippen LogP contribution in [0.3, 0.4) is 0 Å². The monoisotopic (exact) mass is 248 g/mol. The molecule has 0 aromatic heterocycles. The van der Waals surface area contributed by atoms with Crippen molar-refractivity contribution >= 4 is 15.5 Å². The van der Waals surface area contributed by atoms with Crippen molar-refractivity contribution in [3.8, 4) is 0 Å². The molecule has 0 aliphatic rings. The van der Waals surface area contributed by atoms with E-state index in [9.17, 15) is 17.9 Å². The van der Waals surface area contributed by atoms with Crippen LogP contribution >= 0.6 is 0 Å². The van der Waals surface area contributed by atoms with E-state index >= 15 is 0 Å². The fourth-order valence-electron chi connectivity index (χ4n) is 1.16. The molecule has 1 unspecified atom stereocenters. The molecule has 16 heavy (non-hydrogen) atoms. The Balaban J connectivity index is 3.19. The molecule has 1 atom stereocenters. The van der Waals surface area contributed by atoms with Crippen molar-refractivity contribution in [2.45, 2.75) is 11.1 Å². The summed E-state index contributed by atoms with van der Waals surface area (Å²) in [6.45, 7) is -0.0828. The van der Waals surface area contributed by atoms with Gasteiger partial charge in [0.15, 0.2) is 9.84 Å². The van der Waals surface area contributed by atoms with Crippen LogP contribution in [-0.4, -0.2) is 32.6 Å². The fraction of sp³-hybridized carbons (Fsp3) is 0.333. The number of aliphatic hydroxyl groups excluding tert-OH is 1. The van der Waals surface area contributed by atoms with E-state index in [4.69, 9.17) is 5.73 Å². The average molecular weight is 248 g/mol. The van der Waals surface area contributed by atoms with Crippen molar-refractivity contribution < 1.29 is 17.9 Å². The van der Waals surface area contributed by atoms with Crippen LogP contribution in [0.4, 0.5) is 10.1 Å². The smallest absolute Gasteiger partial charge is 0.177 e. The topological polar surface area (TPSA) is 92.4 Å². The van der Waals surface area contributed by atoms with E-state index in [0.717, 1.165) is 18.4 Å². The molecule has 1 aromatic rings. The van der Waals surface area contributed by atoms with Gasteiger partial charge >= 0.3 is 0 Å². The minimum atomic E-state index is -3.56. The number of hydrogen-bond donors (Lipinski definition) is 3. The lowest BCUT2D eigenvalue weighted by molar-refractivity contribution is 0.211. The summed E-state index contributed by atoms with van der Waals surface area (Å²) in [7, 11) is -3.56. The Kier molecular flexibility index (Phi) is 3.84. The van der Waals surface area contributed by atoms with E-state index in [1.54, 1.807) is 0 Å². The van der Waals surface area contributed by atoms with Gasteiger partial charge in [0.1, 0.15) is 12.0 Å². The van der Waals surface area contributed by atoms with Crippen LogP contribution in [0.5, 0.6) is 0 Å². The summed E-state index contributed by atoms with van der Waals surface area (Å²) in [5.74, 6) is -0.659. The van der Waals surface area contributed by atoms with Crippen LogP contribution in [0.2, 0.25) is 0 Å². The SMILES string of the molecule is CS(=O)(=O)c1cc(F)ccc1NC(O)CN. The molecule has 4 N–H and O–H groups in total. The lowest BCUT2D eigenvalue weighted by atomic mass is 10.3. The first-order valence-electron chi connectivity index (χ1n) is 4.49. The van der Waals surface area contributed by atoms with Crippen LogP contribution < -0.4 is 11.1 Å². The van der Waals surface area contributed by atoms with Crippen molar-refractivity contribution in [1.82, 2.24) is 0 Å². The molecule has 0 heterocycles. The first-order chi connectivity index (χ1) is 7.34. The zero-order chi connectivity index (χ0) is 12.3. The van der Waals surface area contributed by atoms with Gasteiger partial charge in [0.2, 0.25) is 0 Å². The second kappa shape index (κ2) is 4.77. The van der Waals surface area contributed by atoms with Crippen LogP contribution in [0.1, 0.15) is 0 Å². The number of benzene rings is 1. The molecule has 0 aliphatic heterocycles. The highest BCUT2D eigenvalue weighted by Crippen LogP contribution is 2.22. The van der Waals surface area contributed by atoms with Crippen molar-refractivity contribution in [3.63, 3.8) is 0 Å². The molecular formula is C9H13FN2O3S. The molecule has 90 valence electrons. The molecule has 1 rings (SSSR count). The first-order valence-corrected chi connectivity index (χ1v) is 6.38. The second-order valence-electron chi connectivity index (χ2n) is 3.31. The molecule has 0 amide bonds. The Labute approximate surface area is 93.0 Å². The Morgan fingerprint density at radius 2 is 2.19 bits per heavy atom. The highest BCUT2D eigenvalue weighted by Gasteiger charge is 2.15. The predicted molar refractivity (Wildman–Crippen MR) is 58.2 cm³/mol. The van der Waals surface area contributed by atoms with Crippen molar-refractivity contribution in [2.24, 2.45) is 5.73 Å². The zero-order valence-corrected chi connectivity index (χ0v) is 9.46. The van der Waals surface area contributed by atoms with Crippen molar-refractivity contribution in [3.05, 3.63) is 24.0 Å². The predicted octanol–water partition coefficient (Wildman–Crippen LogP) is -0.0818. The lowest BCUT2D eigenvalue weighted by Crippen LogP contribution is -2.28. The van der Waals surface area contributed by atoms with Gasteiger partial charge in [-0.2, -0.15) is 0 Å². The third kappa shape index (κ3) is 3.16. The number of sulfone groups is 1. The summed E-state index contributed by atoms with van der Waals surface area (Å²) < 4.78 is 35.6. The highest BCUT2D eigenvalue weighted by molar-refractivity contribution is 7.90. The van der Waals surface area contributed by atoms with Gasteiger partial charge in [0.25, 0.3) is 0 Å². The average Bonchev–Trinajstić information content (AvgIpc) is 2.19. The van der Waals surface area contributed by atoms with Gasteiger partial charge in [-0.15, -0.1) is 0 Å². The molecule has 0 saturated carbocycles. The van der Waals surface area contributed by atoms with E-state index < -0.39 is 21.9 Å². The van der Waals surface area contributed by atoms with E-state index in [1.807, 2.05) is 0 Å². The Morgan fingerprint density at radius 3 is 2.69 bits per heavy atom. The molecular weight excluding hydrogens is 235 g/mol. The molecule has 7 heteroatoms. The number of aliphatic hydroxyl groups is 1. The zero-order valence-electron chi connectivity index (χ0n) is 8.64. The molecule has 0 spiro atoms. The first kappa shape index (κ1) is 12.9. The maximum atomic E-state index is 12.9. The van der Waals surface area contributed by atoms with Gasteiger partial charge in [0, 0.05) is 12.8 Å². The number of nitrogens with one attached hydrogen (secondary N) is 1. The van der Waals surface area contributed by atoms with Crippen LogP contribution in [-0.2, 0) is 9.84 Å². The molecule has 1 aromatic carbocycles. The fourth-order valence-corrected chi connectivity index (χ4v) is 2.01. The summed E-state index contributed by atoms with van der Waals surface area (Å²) in [5.41, 5.74) is 5.30. The number of nitrogens with two attached hydrogens (primary N) is 1. The van der Waals surface area contributed by atoms with Gasteiger partial charge in [-0.3, -0.25) is 0 Å². The Hall–Kier alpha value is -1.18. The van der Waals surface area contributed by atoms with Crippen molar-refractivity contribution in [1.29, 1.82) is 0 Å². The van der Waals surface area contributed by atoms with Crippen LogP contribution in [0, 0.1) is 5.82 Å². The van der Waals surface area contributed by atoms with E-state index in [0.29, 0.717) is 0 Å². The normalized spacial score (nSPS) is 13.5. The Bertz CT molecular complexity index is 476. The summed E-state index contributed by atoms with van der Waals surface area (Å²) in [6.07, 6.45) is -0.118. The van der Waals surface area contributed by atoms with Gasteiger partial charge in [-0.25, -0.2) is 12.8 Å². The highest BCUT2D eigenvalue weighted by atomic mass is 32.2. The van der Waals surface area contributed by atoms with E-state index in [1.165, 1.54) is 6.07 Å². The number of anilines is 1. The second-order valence-corrected chi connectivity index (χ2v) is 5.29. The third-order valence-corrected chi connectivity index (χ3v) is 3.03. The number of halogens is 1.